The van der Waals surface area contributed by atoms with Crippen molar-refractivity contribution in [2.24, 2.45) is 5.92 Å². The molecule has 1 aromatic carbocycles. The molecule has 23 heavy (non-hydrogen) atoms. The van der Waals surface area contributed by atoms with Gasteiger partial charge in [-0.1, -0.05) is 6.92 Å². The predicted octanol–water partition coefficient (Wildman–Crippen LogP) is 2.77. The predicted molar refractivity (Wildman–Crippen MR) is 84.3 cm³/mol. The van der Waals surface area contributed by atoms with E-state index in [9.17, 15) is 9.59 Å². The number of esters is 2. The van der Waals surface area contributed by atoms with Crippen molar-refractivity contribution in [3.05, 3.63) is 35.0 Å². The largest absolute Gasteiger partial charge is 0.463 e. The zero-order chi connectivity index (χ0) is 16.0. The van der Waals surface area contributed by atoms with Crippen molar-refractivity contribution < 1.29 is 19.1 Å². The van der Waals surface area contributed by atoms with Gasteiger partial charge in [-0.05, 0) is 48.9 Å². The summed E-state index contributed by atoms with van der Waals surface area (Å²) in [5, 5.41) is 1.09. The van der Waals surface area contributed by atoms with Crippen LogP contribution in [0.25, 0.3) is 10.9 Å². The summed E-state index contributed by atoms with van der Waals surface area (Å²) in [6.45, 7) is 2.57. The standard InChI is InChI=1S/C18H19NO4/c1-10-2-4-14-12(8-10)13-9-11(3-5-15(13)19-14)17(20)23-16-6-7-22-18(16)21/h3,5,9-10,16,19H,2,4,6-8H2,1H3/t10-,16-/m1/s1. The Kier molecular flexibility index (Phi) is 3.36. The number of aryl methyl sites for hydroxylation is 1. The molecule has 2 aliphatic rings. The van der Waals surface area contributed by atoms with Crippen molar-refractivity contribution in [3.63, 3.8) is 0 Å². The van der Waals surface area contributed by atoms with Gasteiger partial charge < -0.3 is 14.5 Å². The number of nitrogens with one attached hydrogen (secondary N) is 1. The second-order valence-corrected chi connectivity index (χ2v) is 6.54. The summed E-state index contributed by atoms with van der Waals surface area (Å²) >= 11 is 0. The Morgan fingerprint density at radius 3 is 3.00 bits per heavy atom. The Labute approximate surface area is 134 Å². The van der Waals surface area contributed by atoms with Gasteiger partial charge in [0.15, 0.2) is 0 Å². The monoisotopic (exact) mass is 313 g/mol. The molecule has 1 fully saturated rings. The van der Waals surface area contributed by atoms with E-state index in [1.54, 1.807) is 6.07 Å². The van der Waals surface area contributed by atoms with Crippen molar-refractivity contribution in [2.75, 3.05) is 6.61 Å². The number of aromatic nitrogens is 1. The molecule has 1 saturated heterocycles. The molecule has 1 aliphatic carbocycles. The van der Waals surface area contributed by atoms with Crippen molar-refractivity contribution in [1.82, 2.24) is 4.98 Å². The fraction of sp³-hybridized carbons (Fsp3) is 0.444. The molecule has 5 heteroatoms. The Morgan fingerprint density at radius 1 is 1.35 bits per heavy atom. The molecule has 1 aliphatic heterocycles. The molecular weight excluding hydrogens is 294 g/mol. The fourth-order valence-corrected chi connectivity index (χ4v) is 3.50. The van der Waals surface area contributed by atoms with Crippen LogP contribution in [0.4, 0.5) is 0 Å². The van der Waals surface area contributed by atoms with Gasteiger partial charge >= 0.3 is 11.9 Å². The van der Waals surface area contributed by atoms with E-state index in [4.69, 9.17) is 9.47 Å². The second kappa shape index (κ2) is 5.41. The van der Waals surface area contributed by atoms with Gasteiger partial charge in [-0.3, -0.25) is 0 Å². The minimum Gasteiger partial charge on any atom is -0.463 e. The summed E-state index contributed by atoms with van der Waals surface area (Å²) in [6, 6.07) is 5.55. The molecular formula is C18H19NO4. The summed E-state index contributed by atoms with van der Waals surface area (Å²) in [7, 11) is 0. The van der Waals surface area contributed by atoms with Gasteiger partial charge in [0.2, 0.25) is 6.10 Å². The van der Waals surface area contributed by atoms with E-state index in [1.807, 2.05) is 12.1 Å². The van der Waals surface area contributed by atoms with Crippen LogP contribution < -0.4 is 0 Å². The molecule has 0 amide bonds. The zero-order valence-corrected chi connectivity index (χ0v) is 13.1. The molecule has 5 nitrogen and oxygen atoms in total. The van der Waals surface area contributed by atoms with E-state index in [2.05, 4.69) is 11.9 Å². The van der Waals surface area contributed by atoms with Gasteiger partial charge in [-0.25, -0.2) is 9.59 Å². The summed E-state index contributed by atoms with van der Waals surface area (Å²) in [5.41, 5.74) is 4.13. The number of fused-ring (bicyclic) bond motifs is 3. The van der Waals surface area contributed by atoms with E-state index in [1.165, 1.54) is 17.7 Å². The van der Waals surface area contributed by atoms with Crippen LogP contribution in [0, 0.1) is 5.92 Å². The van der Waals surface area contributed by atoms with Gasteiger partial charge in [0.25, 0.3) is 0 Å². The third-order valence-corrected chi connectivity index (χ3v) is 4.81. The summed E-state index contributed by atoms with van der Waals surface area (Å²) < 4.78 is 10.1. The van der Waals surface area contributed by atoms with Crippen LogP contribution in [0.3, 0.4) is 0 Å². The summed E-state index contributed by atoms with van der Waals surface area (Å²) in [5.74, 6) is -0.257. The molecule has 2 heterocycles. The number of carbonyl (C=O) groups excluding carboxylic acids is 2. The normalized spacial score (nSPS) is 23.6. The molecule has 0 saturated carbocycles. The van der Waals surface area contributed by atoms with Crippen LogP contribution in [0.2, 0.25) is 0 Å². The van der Waals surface area contributed by atoms with Crippen molar-refractivity contribution >= 4 is 22.8 Å². The Hall–Kier alpha value is -2.30. The minimum atomic E-state index is -0.765. The van der Waals surface area contributed by atoms with Gasteiger partial charge in [-0.2, -0.15) is 0 Å². The van der Waals surface area contributed by atoms with Crippen LogP contribution in [0.1, 0.15) is 41.4 Å². The zero-order valence-electron chi connectivity index (χ0n) is 13.1. The third-order valence-electron chi connectivity index (χ3n) is 4.81. The number of ether oxygens (including phenoxy) is 2. The number of benzene rings is 1. The first-order chi connectivity index (χ1) is 11.1. The number of hydrogen-bond donors (Lipinski definition) is 1. The first-order valence-electron chi connectivity index (χ1n) is 8.13. The number of cyclic esters (lactones) is 1. The van der Waals surface area contributed by atoms with E-state index >= 15 is 0 Å². The molecule has 0 bridgehead atoms. The van der Waals surface area contributed by atoms with Crippen molar-refractivity contribution in [1.29, 1.82) is 0 Å². The van der Waals surface area contributed by atoms with Crippen LogP contribution in [-0.4, -0.2) is 29.6 Å². The highest BCUT2D eigenvalue weighted by atomic mass is 16.6. The average molecular weight is 313 g/mol. The average Bonchev–Trinajstić information content (AvgIpc) is 3.10. The quantitative estimate of drug-likeness (QED) is 0.866. The van der Waals surface area contributed by atoms with Crippen LogP contribution in [0.5, 0.6) is 0 Å². The Bertz CT molecular complexity index is 792. The highest BCUT2D eigenvalue weighted by molar-refractivity contribution is 5.97. The summed E-state index contributed by atoms with van der Waals surface area (Å²) in [6.07, 6.45) is 2.95. The first-order valence-corrected chi connectivity index (χ1v) is 8.13. The van der Waals surface area contributed by atoms with Crippen LogP contribution >= 0.6 is 0 Å². The lowest BCUT2D eigenvalue weighted by Gasteiger charge is -2.18. The SMILES string of the molecule is C[C@@H]1CCc2[nH]c3ccc(C(=O)O[C@@H]4CCOC4=O)cc3c2C1. The number of carbonyl (C=O) groups is 2. The van der Waals surface area contributed by atoms with Crippen molar-refractivity contribution in [3.8, 4) is 0 Å². The number of H-pyrrole nitrogens is 1. The van der Waals surface area contributed by atoms with E-state index in [-0.39, 0.29) is 0 Å². The van der Waals surface area contributed by atoms with Gasteiger partial charge in [0, 0.05) is 23.0 Å². The molecule has 0 unspecified atom stereocenters. The van der Waals surface area contributed by atoms with Gasteiger partial charge in [0.1, 0.15) is 0 Å². The maximum atomic E-state index is 12.3. The van der Waals surface area contributed by atoms with E-state index in [0.717, 1.165) is 23.7 Å². The fourth-order valence-electron chi connectivity index (χ4n) is 3.50. The maximum Gasteiger partial charge on any atom is 0.347 e. The van der Waals surface area contributed by atoms with Crippen molar-refractivity contribution in [2.45, 2.75) is 38.7 Å². The van der Waals surface area contributed by atoms with E-state index < -0.39 is 18.0 Å². The van der Waals surface area contributed by atoms with Crippen LogP contribution in [-0.2, 0) is 27.1 Å². The maximum absolute atomic E-state index is 12.3. The highest BCUT2D eigenvalue weighted by Gasteiger charge is 2.30. The lowest BCUT2D eigenvalue weighted by Crippen LogP contribution is -2.22. The molecule has 2 aromatic rings. The molecule has 120 valence electrons. The number of aromatic amines is 1. The van der Waals surface area contributed by atoms with Gasteiger partial charge in [-0.15, -0.1) is 0 Å². The Morgan fingerprint density at radius 2 is 2.22 bits per heavy atom. The van der Waals surface area contributed by atoms with Crippen LogP contribution in [0.15, 0.2) is 18.2 Å². The summed E-state index contributed by atoms with van der Waals surface area (Å²) in [4.78, 5) is 27.2. The topological polar surface area (TPSA) is 68.4 Å². The Balaban J connectivity index is 1.64. The highest BCUT2D eigenvalue weighted by Crippen LogP contribution is 2.32. The molecule has 0 spiro atoms. The molecule has 0 radical (unpaired) electrons. The smallest absolute Gasteiger partial charge is 0.347 e. The second-order valence-electron chi connectivity index (χ2n) is 6.54. The number of hydrogen-bond acceptors (Lipinski definition) is 4. The number of rotatable bonds is 2. The van der Waals surface area contributed by atoms with E-state index in [0.29, 0.717) is 24.5 Å². The van der Waals surface area contributed by atoms with Gasteiger partial charge in [0.05, 0.1) is 12.2 Å². The lowest BCUT2D eigenvalue weighted by atomic mass is 9.87. The molecule has 2 atom stereocenters. The third kappa shape index (κ3) is 2.50. The first kappa shape index (κ1) is 14.3. The molecule has 4 rings (SSSR count). The minimum absolute atomic E-state index is 0.318. The molecule has 1 aromatic heterocycles. The lowest BCUT2D eigenvalue weighted by molar-refractivity contribution is -0.145. The molecule has 1 N–H and O–H groups in total.